The van der Waals surface area contributed by atoms with E-state index in [0.29, 0.717) is 0 Å². The minimum atomic E-state index is -0.120. The molecule has 3 rings (SSSR count). The number of unbranched alkanes of at least 4 members (excludes halogenated alkanes) is 1. The van der Waals surface area contributed by atoms with Gasteiger partial charge in [-0.1, -0.05) is 0 Å². The van der Waals surface area contributed by atoms with Crippen molar-refractivity contribution in [3.05, 3.63) is 108 Å². The Morgan fingerprint density at radius 3 is 1.36 bits per heavy atom. The first-order valence-electron chi connectivity index (χ1n) is 8.83. The van der Waals surface area contributed by atoms with E-state index in [1.165, 1.54) is 16.7 Å². The predicted molar refractivity (Wildman–Crippen MR) is 105 cm³/mol. The van der Waals surface area contributed by atoms with E-state index in [9.17, 15) is 0 Å². The number of rotatable bonds is 8. The molecule has 25 heavy (non-hydrogen) atoms. The zero-order valence-electron chi connectivity index (χ0n) is 14.4. The summed E-state index contributed by atoms with van der Waals surface area (Å²) in [5.41, 5.74) is 3.95. The third kappa shape index (κ3) is 4.16. The summed E-state index contributed by atoms with van der Waals surface area (Å²) in [4.78, 5) is 0. The van der Waals surface area contributed by atoms with Gasteiger partial charge in [-0.15, -0.1) is 0 Å². The van der Waals surface area contributed by atoms with Gasteiger partial charge in [0.2, 0.25) is 0 Å². The standard InChI is InChI=1S/C23H23O.Sn/c24-19-11-10-18-23(20-12-4-1-5-13-20,21-14-6-2-7-15-21)22-16-8-3-9-17-22;/h1-9,12-17H,10-11,18-19H2;/q-1;+1. The van der Waals surface area contributed by atoms with Gasteiger partial charge >= 0.3 is 165 Å². The van der Waals surface area contributed by atoms with Gasteiger partial charge in [0.15, 0.2) is 0 Å². The van der Waals surface area contributed by atoms with Gasteiger partial charge in [-0.2, -0.15) is 0 Å². The minimum absolute atomic E-state index is 0.120. The van der Waals surface area contributed by atoms with Gasteiger partial charge in [0.05, 0.1) is 0 Å². The predicted octanol–water partition coefficient (Wildman–Crippen LogP) is 5.29. The van der Waals surface area contributed by atoms with Crippen LogP contribution in [0.1, 0.15) is 36.0 Å². The third-order valence-electron chi connectivity index (χ3n) is 4.85. The van der Waals surface area contributed by atoms with Crippen LogP contribution < -0.4 is 0 Å². The molecular formula is C23H23OSn. The van der Waals surface area contributed by atoms with Gasteiger partial charge < -0.3 is 0 Å². The molecule has 125 valence electrons. The molecule has 0 aromatic heterocycles. The molecule has 3 aromatic carbocycles. The number of benzene rings is 3. The van der Waals surface area contributed by atoms with E-state index in [1.807, 2.05) is 0 Å². The maximum absolute atomic E-state index is 5.36. The van der Waals surface area contributed by atoms with Gasteiger partial charge in [-0.25, -0.2) is 0 Å². The Morgan fingerprint density at radius 2 is 1.00 bits per heavy atom. The summed E-state index contributed by atoms with van der Waals surface area (Å²) in [7, 11) is 0. The first-order chi connectivity index (χ1) is 12.4. The zero-order chi connectivity index (χ0) is 17.4. The van der Waals surface area contributed by atoms with E-state index in [4.69, 9.17) is 3.07 Å². The summed E-state index contributed by atoms with van der Waals surface area (Å²) >= 11 is 1.16. The van der Waals surface area contributed by atoms with Crippen molar-refractivity contribution in [3.8, 4) is 0 Å². The van der Waals surface area contributed by atoms with Gasteiger partial charge in [-0.05, 0) is 0 Å². The SMILES string of the molecule is [Sn][O]CCCCC(c1ccccc1)(c1ccccc1)c1ccccc1. The van der Waals surface area contributed by atoms with Crippen LogP contribution in [0.15, 0.2) is 91.0 Å². The van der Waals surface area contributed by atoms with Crippen LogP contribution in [0.2, 0.25) is 0 Å². The second-order valence-electron chi connectivity index (χ2n) is 6.31. The van der Waals surface area contributed by atoms with E-state index in [1.54, 1.807) is 0 Å². The molecular weight excluding hydrogens is 411 g/mol. The number of hydrogen-bond acceptors (Lipinski definition) is 1. The molecule has 0 unspecified atom stereocenters. The summed E-state index contributed by atoms with van der Waals surface area (Å²) in [6, 6.07) is 32.8. The fourth-order valence-electron chi connectivity index (χ4n) is 3.67. The van der Waals surface area contributed by atoms with Crippen LogP contribution in [0.4, 0.5) is 0 Å². The quantitative estimate of drug-likeness (QED) is 0.266. The van der Waals surface area contributed by atoms with Crippen LogP contribution in [0.5, 0.6) is 0 Å². The van der Waals surface area contributed by atoms with Gasteiger partial charge in [0.1, 0.15) is 0 Å². The topological polar surface area (TPSA) is 9.23 Å². The molecule has 0 saturated heterocycles. The van der Waals surface area contributed by atoms with E-state index in [-0.39, 0.29) is 5.41 Å². The molecule has 0 aliphatic heterocycles. The molecule has 0 atom stereocenters. The zero-order valence-corrected chi connectivity index (χ0v) is 17.3. The molecule has 0 amide bonds. The molecule has 0 fully saturated rings. The average Bonchev–Trinajstić information content (AvgIpc) is 2.70. The molecule has 0 N–H and O–H groups in total. The third-order valence-corrected chi connectivity index (χ3v) is 5.43. The van der Waals surface area contributed by atoms with Crippen LogP contribution in [0, 0.1) is 0 Å². The Labute approximate surface area is 164 Å². The number of hydrogen-bond donors (Lipinski definition) is 0. The van der Waals surface area contributed by atoms with E-state index in [0.717, 1.165) is 48.8 Å². The Kier molecular flexibility index (Phi) is 6.71. The summed E-state index contributed by atoms with van der Waals surface area (Å²) in [6.45, 7) is 0.854. The fraction of sp³-hybridized carbons (Fsp3) is 0.217. The molecule has 0 aliphatic carbocycles. The van der Waals surface area contributed by atoms with Gasteiger partial charge in [-0.3, -0.25) is 0 Å². The molecule has 3 aromatic rings. The van der Waals surface area contributed by atoms with Crippen LogP contribution in [0.3, 0.4) is 0 Å². The van der Waals surface area contributed by atoms with Crippen molar-refractivity contribution in [1.29, 1.82) is 0 Å². The maximum atomic E-state index is 5.36. The van der Waals surface area contributed by atoms with Crippen molar-refractivity contribution < 1.29 is 3.07 Å². The van der Waals surface area contributed by atoms with Crippen molar-refractivity contribution in [3.63, 3.8) is 0 Å². The molecule has 0 heterocycles. The second kappa shape index (κ2) is 9.21. The summed E-state index contributed by atoms with van der Waals surface area (Å²) < 4.78 is 5.36. The van der Waals surface area contributed by atoms with Crippen LogP contribution in [0.25, 0.3) is 0 Å². The monoisotopic (exact) mass is 435 g/mol. The van der Waals surface area contributed by atoms with Crippen molar-refractivity contribution in [1.82, 2.24) is 0 Å². The molecule has 1 nitrogen and oxygen atoms in total. The molecule has 3 radical (unpaired) electrons. The first-order valence-corrected chi connectivity index (χ1v) is 9.99. The molecule has 0 saturated carbocycles. The Balaban J connectivity index is 2.13. The second-order valence-corrected chi connectivity index (χ2v) is 7.13. The van der Waals surface area contributed by atoms with Crippen LogP contribution >= 0.6 is 0 Å². The Hall–Kier alpha value is -1.58. The molecule has 2 heteroatoms. The van der Waals surface area contributed by atoms with Gasteiger partial charge in [0.25, 0.3) is 0 Å². The molecule has 0 bridgehead atoms. The van der Waals surface area contributed by atoms with Crippen LogP contribution in [-0.4, -0.2) is 29.5 Å². The summed E-state index contributed by atoms with van der Waals surface area (Å²) in [6.07, 6.45) is 3.30. The summed E-state index contributed by atoms with van der Waals surface area (Å²) in [5.74, 6) is 0. The Bertz CT molecular complexity index is 644. The summed E-state index contributed by atoms with van der Waals surface area (Å²) in [5, 5.41) is 0. The average molecular weight is 434 g/mol. The van der Waals surface area contributed by atoms with Crippen molar-refractivity contribution in [2.75, 3.05) is 6.61 Å². The van der Waals surface area contributed by atoms with E-state index >= 15 is 0 Å². The first kappa shape index (κ1) is 18.2. The van der Waals surface area contributed by atoms with Gasteiger partial charge in [0, 0.05) is 0 Å². The van der Waals surface area contributed by atoms with Crippen molar-refractivity contribution in [2.24, 2.45) is 0 Å². The van der Waals surface area contributed by atoms with Crippen LogP contribution in [-0.2, 0) is 8.49 Å². The van der Waals surface area contributed by atoms with E-state index in [2.05, 4.69) is 91.0 Å². The molecule has 0 spiro atoms. The fourth-order valence-corrected chi connectivity index (χ4v) is 4.08. The van der Waals surface area contributed by atoms with Crippen molar-refractivity contribution in [2.45, 2.75) is 24.7 Å². The normalized spacial score (nSPS) is 11.4. The van der Waals surface area contributed by atoms with Crippen molar-refractivity contribution >= 4 is 22.9 Å². The van der Waals surface area contributed by atoms with E-state index < -0.39 is 0 Å². The Morgan fingerprint density at radius 1 is 0.600 bits per heavy atom. The molecule has 0 aliphatic rings.